The molecule has 1 amide bonds. The van der Waals surface area contributed by atoms with Crippen LogP contribution in [0.25, 0.3) is 11.3 Å². The van der Waals surface area contributed by atoms with Crippen molar-refractivity contribution in [1.82, 2.24) is 5.16 Å². The van der Waals surface area contributed by atoms with Crippen molar-refractivity contribution in [2.75, 3.05) is 5.32 Å². The molecule has 3 aromatic rings. The molecular formula is C22H22N2O2. The highest BCUT2D eigenvalue weighted by molar-refractivity contribution is 6.02. The smallest absolute Gasteiger partial charge is 0.236 e. The van der Waals surface area contributed by atoms with E-state index in [2.05, 4.69) is 29.5 Å². The van der Waals surface area contributed by atoms with Gasteiger partial charge in [-0.2, -0.15) is 0 Å². The Morgan fingerprint density at radius 1 is 1.04 bits per heavy atom. The number of nitrogens with one attached hydrogen (secondary N) is 1. The number of carbonyl (C=O) groups excluding carboxylic acids is 1. The van der Waals surface area contributed by atoms with E-state index in [1.54, 1.807) is 0 Å². The molecule has 1 fully saturated rings. The second kappa shape index (κ2) is 6.13. The van der Waals surface area contributed by atoms with E-state index in [9.17, 15) is 4.79 Å². The lowest BCUT2D eigenvalue weighted by molar-refractivity contribution is -0.118. The second-order valence-corrected chi connectivity index (χ2v) is 7.25. The van der Waals surface area contributed by atoms with Gasteiger partial charge in [0.1, 0.15) is 0 Å². The van der Waals surface area contributed by atoms with Crippen molar-refractivity contribution < 1.29 is 9.32 Å². The molecule has 4 nitrogen and oxygen atoms in total. The topological polar surface area (TPSA) is 55.1 Å². The highest BCUT2D eigenvalue weighted by Crippen LogP contribution is 2.49. The molecule has 0 unspecified atom stereocenters. The van der Waals surface area contributed by atoms with Gasteiger partial charge in [-0.1, -0.05) is 53.2 Å². The van der Waals surface area contributed by atoms with Crippen molar-refractivity contribution in [3.63, 3.8) is 0 Å². The number of rotatable bonds is 4. The number of hydrogen-bond acceptors (Lipinski definition) is 3. The molecule has 1 aliphatic rings. The predicted octanol–water partition coefficient (Wildman–Crippen LogP) is 4.94. The van der Waals surface area contributed by atoms with Crippen LogP contribution in [0, 0.1) is 20.8 Å². The van der Waals surface area contributed by atoms with Crippen molar-refractivity contribution in [2.24, 2.45) is 0 Å². The summed E-state index contributed by atoms with van der Waals surface area (Å²) >= 11 is 0. The maximum Gasteiger partial charge on any atom is 0.236 e. The average molecular weight is 346 g/mol. The molecule has 0 atom stereocenters. The summed E-state index contributed by atoms with van der Waals surface area (Å²) in [6, 6.07) is 15.9. The molecule has 0 spiro atoms. The third-order valence-corrected chi connectivity index (χ3v) is 5.16. The van der Waals surface area contributed by atoms with Crippen molar-refractivity contribution in [1.29, 1.82) is 0 Å². The molecule has 1 aromatic heterocycles. The SMILES string of the molecule is Cc1cc(C)c(NC(=O)C2(c3cc(-c4ccccc4)on3)CC2)c(C)c1. The van der Waals surface area contributed by atoms with Crippen LogP contribution in [0.4, 0.5) is 5.69 Å². The quantitative estimate of drug-likeness (QED) is 0.728. The molecule has 26 heavy (non-hydrogen) atoms. The van der Waals surface area contributed by atoms with Crippen LogP contribution in [-0.2, 0) is 10.2 Å². The van der Waals surface area contributed by atoms with Crippen LogP contribution in [0.5, 0.6) is 0 Å². The summed E-state index contributed by atoms with van der Waals surface area (Å²) in [6.45, 7) is 6.12. The average Bonchev–Trinajstić information content (AvgIpc) is 3.28. The van der Waals surface area contributed by atoms with Gasteiger partial charge in [0.05, 0.1) is 11.1 Å². The Kier molecular flexibility index (Phi) is 3.91. The van der Waals surface area contributed by atoms with Gasteiger partial charge in [0.2, 0.25) is 5.91 Å². The molecule has 2 aromatic carbocycles. The minimum atomic E-state index is -0.569. The van der Waals surface area contributed by atoms with Crippen molar-refractivity contribution in [2.45, 2.75) is 39.0 Å². The van der Waals surface area contributed by atoms with Crippen LogP contribution >= 0.6 is 0 Å². The third kappa shape index (κ3) is 2.81. The van der Waals surface area contributed by atoms with Crippen LogP contribution in [-0.4, -0.2) is 11.1 Å². The van der Waals surface area contributed by atoms with Gasteiger partial charge >= 0.3 is 0 Å². The Hall–Kier alpha value is -2.88. The highest BCUT2D eigenvalue weighted by atomic mass is 16.5. The van der Waals surface area contributed by atoms with Gasteiger partial charge in [-0.25, -0.2) is 0 Å². The van der Waals surface area contributed by atoms with Crippen LogP contribution in [0.3, 0.4) is 0 Å². The van der Waals surface area contributed by atoms with Crippen molar-refractivity contribution in [3.05, 3.63) is 70.9 Å². The van der Waals surface area contributed by atoms with Gasteiger partial charge in [0, 0.05) is 17.3 Å². The molecule has 132 valence electrons. The fraction of sp³-hybridized carbons (Fsp3) is 0.273. The van der Waals surface area contributed by atoms with E-state index in [1.165, 1.54) is 5.56 Å². The maximum absolute atomic E-state index is 13.0. The van der Waals surface area contributed by atoms with Crippen LogP contribution in [0.1, 0.15) is 35.2 Å². The number of aryl methyl sites for hydroxylation is 3. The first-order valence-electron chi connectivity index (χ1n) is 8.91. The summed E-state index contributed by atoms with van der Waals surface area (Å²) in [5, 5.41) is 7.35. The third-order valence-electron chi connectivity index (χ3n) is 5.16. The Labute approximate surface area is 153 Å². The Bertz CT molecular complexity index is 946. The Balaban J connectivity index is 1.60. The number of hydrogen-bond donors (Lipinski definition) is 1. The zero-order valence-electron chi connectivity index (χ0n) is 15.3. The van der Waals surface area contributed by atoms with Gasteiger partial charge in [0.25, 0.3) is 0 Å². The number of aromatic nitrogens is 1. The van der Waals surface area contributed by atoms with Crippen molar-refractivity contribution in [3.8, 4) is 11.3 Å². The first-order valence-corrected chi connectivity index (χ1v) is 8.91. The molecule has 0 saturated heterocycles. The fourth-order valence-electron chi connectivity index (χ4n) is 3.57. The van der Waals surface area contributed by atoms with Crippen LogP contribution in [0.15, 0.2) is 53.1 Å². The summed E-state index contributed by atoms with van der Waals surface area (Å²) in [4.78, 5) is 13.0. The van der Waals surface area contributed by atoms with E-state index >= 15 is 0 Å². The maximum atomic E-state index is 13.0. The Morgan fingerprint density at radius 2 is 1.69 bits per heavy atom. The summed E-state index contributed by atoms with van der Waals surface area (Å²) in [5.41, 5.74) is 5.37. The lowest BCUT2D eigenvalue weighted by atomic mass is 9.99. The van der Waals surface area contributed by atoms with E-state index in [1.807, 2.05) is 50.2 Å². The summed E-state index contributed by atoms with van der Waals surface area (Å²) in [6.07, 6.45) is 1.59. The molecular weight excluding hydrogens is 324 g/mol. The highest BCUT2D eigenvalue weighted by Gasteiger charge is 2.54. The lowest BCUT2D eigenvalue weighted by Gasteiger charge is -2.16. The standard InChI is InChI=1S/C22H22N2O2/c1-14-11-15(2)20(16(3)12-14)23-21(25)22(9-10-22)19-13-18(26-24-19)17-7-5-4-6-8-17/h4-8,11-13H,9-10H2,1-3H3,(H,23,25). The van der Waals surface area contributed by atoms with Gasteiger partial charge in [-0.3, -0.25) is 4.79 Å². The van der Waals surface area contributed by atoms with E-state index in [0.29, 0.717) is 5.76 Å². The van der Waals surface area contributed by atoms with Gasteiger partial charge in [-0.05, 0) is 44.7 Å². The number of amides is 1. The van der Waals surface area contributed by atoms with E-state index in [0.717, 1.165) is 40.9 Å². The van der Waals surface area contributed by atoms with E-state index < -0.39 is 5.41 Å². The number of carbonyl (C=O) groups is 1. The zero-order valence-corrected chi connectivity index (χ0v) is 15.3. The fourth-order valence-corrected chi connectivity index (χ4v) is 3.57. The number of anilines is 1. The van der Waals surface area contributed by atoms with E-state index in [4.69, 9.17) is 4.52 Å². The van der Waals surface area contributed by atoms with Gasteiger partial charge in [0.15, 0.2) is 5.76 Å². The first kappa shape index (κ1) is 16.6. The van der Waals surface area contributed by atoms with Gasteiger partial charge < -0.3 is 9.84 Å². The summed E-state index contributed by atoms with van der Waals surface area (Å²) in [5.74, 6) is 0.697. The molecule has 0 aliphatic heterocycles. The molecule has 4 heteroatoms. The lowest BCUT2D eigenvalue weighted by Crippen LogP contribution is -2.28. The molecule has 1 saturated carbocycles. The first-order chi connectivity index (χ1) is 12.5. The van der Waals surface area contributed by atoms with Crippen LogP contribution < -0.4 is 5.32 Å². The molecule has 4 rings (SSSR count). The number of nitrogens with zero attached hydrogens (tertiary/aromatic N) is 1. The summed E-state index contributed by atoms with van der Waals surface area (Å²) < 4.78 is 5.51. The monoisotopic (exact) mass is 346 g/mol. The molecule has 1 N–H and O–H groups in total. The second-order valence-electron chi connectivity index (χ2n) is 7.25. The summed E-state index contributed by atoms with van der Waals surface area (Å²) in [7, 11) is 0. The zero-order chi connectivity index (χ0) is 18.3. The minimum absolute atomic E-state index is 0.000430. The normalized spacial score (nSPS) is 14.9. The molecule has 1 heterocycles. The Morgan fingerprint density at radius 3 is 2.31 bits per heavy atom. The minimum Gasteiger partial charge on any atom is -0.356 e. The molecule has 0 bridgehead atoms. The van der Waals surface area contributed by atoms with E-state index in [-0.39, 0.29) is 5.91 Å². The van der Waals surface area contributed by atoms with Gasteiger partial charge in [-0.15, -0.1) is 0 Å². The molecule has 0 radical (unpaired) electrons. The number of benzene rings is 2. The van der Waals surface area contributed by atoms with Crippen molar-refractivity contribution >= 4 is 11.6 Å². The largest absolute Gasteiger partial charge is 0.356 e. The van der Waals surface area contributed by atoms with Crippen LogP contribution in [0.2, 0.25) is 0 Å². The predicted molar refractivity (Wildman–Crippen MR) is 102 cm³/mol. The molecule has 1 aliphatic carbocycles.